The number of hydrogen-bond acceptors (Lipinski definition) is 4. The second-order valence-corrected chi connectivity index (χ2v) is 7.73. The minimum Gasteiger partial charge on any atom is -0.246 e. The van der Waals surface area contributed by atoms with Crippen molar-refractivity contribution in [2.75, 3.05) is 0 Å². The van der Waals surface area contributed by atoms with E-state index in [0.29, 0.717) is 0 Å². The Labute approximate surface area is 134 Å². The number of aromatic nitrogens is 2. The van der Waals surface area contributed by atoms with Gasteiger partial charge in [-0.1, -0.05) is 28.1 Å². The molecule has 3 rings (SSSR count). The summed E-state index contributed by atoms with van der Waals surface area (Å²) in [5, 5.41) is 4.36. The highest BCUT2D eigenvalue weighted by molar-refractivity contribution is 9.10. The minimum absolute atomic E-state index is 0.831. The summed E-state index contributed by atoms with van der Waals surface area (Å²) in [5.41, 5.74) is 3.33. The lowest BCUT2D eigenvalue weighted by atomic mass is 10.1. The van der Waals surface area contributed by atoms with Crippen LogP contribution in [0.25, 0.3) is 11.3 Å². The molecule has 0 radical (unpaired) electrons. The summed E-state index contributed by atoms with van der Waals surface area (Å²) >= 11 is 6.98. The molecule has 2 nitrogen and oxygen atoms in total. The number of hydrogen-bond donors (Lipinski definition) is 0. The fourth-order valence-electron chi connectivity index (χ4n) is 2.04. The van der Waals surface area contributed by atoms with Gasteiger partial charge in [0.05, 0.1) is 17.1 Å². The Morgan fingerprint density at radius 1 is 1.15 bits per heavy atom. The molecule has 0 aliphatic carbocycles. The molecule has 1 aromatic carbocycles. The van der Waals surface area contributed by atoms with Crippen LogP contribution in [-0.2, 0) is 6.42 Å². The summed E-state index contributed by atoms with van der Waals surface area (Å²) in [6.45, 7) is 4.16. The molecule has 0 amide bonds. The first-order valence-electron chi connectivity index (χ1n) is 6.25. The van der Waals surface area contributed by atoms with Gasteiger partial charge in [-0.2, -0.15) is 0 Å². The average Bonchev–Trinajstić information content (AvgIpc) is 2.96. The van der Waals surface area contributed by atoms with E-state index in [2.05, 4.69) is 45.4 Å². The van der Waals surface area contributed by atoms with Crippen LogP contribution in [0.3, 0.4) is 0 Å². The minimum atomic E-state index is 0.831. The van der Waals surface area contributed by atoms with Crippen LogP contribution in [0.4, 0.5) is 0 Å². The highest BCUT2D eigenvalue weighted by Crippen LogP contribution is 2.30. The van der Waals surface area contributed by atoms with E-state index >= 15 is 0 Å². The molecule has 102 valence electrons. The third-order valence-corrected chi connectivity index (χ3v) is 5.34. The zero-order chi connectivity index (χ0) is 14.1. The third-order valence-electron chi connectivity index (χ3n) is 2.91. The summed E-state index contributed by atoms with van der Waals surface area (Å²) in [6, 6.07) is 8.29. The second kappa shape index (κ2) is 5.76. The average molecular weight is 365 g/mol. The molecule has 0 fully saturated rings. The molecule has 0 saturated heterocycles. The van der Waals surface area contributed by atoms with Crippen LogP contribution < -0.4 is 0 Å². The van der Waals surface area contributed by atoms with Crippen LogP contribution in [-0.4, -0.2) is 9.97 Å². The normalized spacial score (nSPS) is 10.9. The van der Waals surface area contributed by atoms with Crippen LogP contribution in [0.1, 0.15) is 20.6 Å². The largest absolute Gasteiger partial charge is 0.246 e. The Kier molecular flexibility index (Phi) is 4.01. The summed E-state index contributed by atoms with van der Waals surface area (Å²) in [6.07, 6.45) is 0.831. The molecule has 0 bridgehead atoms. The van der Waals surface area contributed by atoms with Crippen molar-refractivity contribution in [3.8, 4) is 11.3 Å². The lowest BCUT2D eigenvalue weighted by molar-refractivity contribution is 1.08. The Balaban J connectivity index is 1.91. The maximum absolute atomic E-state index is 4.79. The lowest BCUT2D eigenvalue weighted by Gasteiger charge is -1.99. The van der Waals surface area contributed by atoms with Crippen LogP contribution in [0.5, 0.6) is 0 Å². The Bertz CT molecular complexity index is 746. The van der Waals surface area contributed by atoms with Gasteiger partial charge >= 0.3 is 0 Å². The molecule has 3 aromatic rings. The highest BCUT2D eigenvalue weighted by atomic mass is 79.9. The van der Waals surface area contributed by atoms with Gasteiger partial charge in [-0.05, 0) is 26.0 Å². The van der Waals surface area contributed by atoms with Gasteiger partial charge in [0, 0.05) is 26.0 Å². The van der Waals surface area contributed by atoms with Gasteiger partial charge in [-0.15, -0.1) is 22.7 Å². The summed E-state index contributed by atoms with van der Waals surface area (Å²) in [4.78, 5) is 10.6. The van der Waals surface area contributed by atoms with Crippen molar-refractivity contribution >= 4 is 38.6 Å². The summed E-state index contributed by atoms with van der Waals surface area (Å²) in [5.74, 6) is 0. The van der Waals surface area contributed by atoms with Gasteiger partial charge in [0.2, 0.25) is 0 Å². The number of rotatable bonds is 3. The fraction of sp³-hybridized carbons (Fsp3) is 0.200. The molecule has 2 heterocycles. The zero-order valence-corrected chi connectivity index (χ0v) is 14.4. The molecule has 2 aromatic heterocycles. The predicted molar refractivity (Wildman–Crippen MR) is 89.6 cm³/mol. The second-order valence-electron chi connectivity index (χ2n) is 4.58. The smallest absolute Gasteiger partial charge is 0.100 e. The van der Waals surface area contributed by atoms with E-state index in [0.717, 1.165) is 37.9 Å². The van der Waals surface area contributed by atoms with E-state index in [9.17, 15) is 0 Å². The van der Waals surface area contributed by atoms with Crippen molar-refractivity contribution in [3.05, 3.63) is 54.7 Å². The molecule has 20 heavy (non-hydrogen) atoms. The van der Waals surface area contributed by atoms with Crippen molar-refractivity contribution in [2.45, 2.75) is 20.3 Å². The number of aryl methyl sites for hydroxylation is 2. The number of benzene rings is 1. The standard InChI is InChI=1S/C15H13BrN2S2/c1-9-8-19-13(17-9)7-14-18-15(10(2)20-14)11-4-3-5-12(16)6-11/h3-6,8H,7H2,1-2H3. The molecule has 0 unspecified atom stereocenters. The van der Waals surface area contributed by atoms with E-state index in [4.69, 9.17) is 4.98 Å². The zero-order valence-electron chi connectivity index (χ0n) is 11.2. The van der Waals surface area contributed by atoms with Crippen molar-refractivity contribution < 1.29 is 0 Å². The Hall–Kier alpha value is -1.04. The topological polar surface area (TPSA) is 25.8 Å². The van der Waals surface area contributed by atoms with Crippen LogP contribution >= 0.6 is 38.6 Å². The highest BCUT2D eigenvalue weighted by Gasteiger charge is 2.11. The van der Waals surface area contributed by atoms with E-state index in [-0.39, 0.29) is 0 Å². The van der Waals surface area contributed by atoms with Gasteiger partial charge in [-0.3, -0.25) is 0 Å². The van der Waals surface area contributed by atoms with E-state index in [1.165, 1.54) is 4.88 Å². The van der Waals surface area contributed by atoms with Gasteiger partial charge in [-0.25, -0.2) is 9.97 Å². The molecule has 0 N–H and O–H groups in total. The first kappa shape index (κ1) is 13.9. The maximum atomic E-state index is 4.79. The molecule has 0 aliphatic heterocycles. The lowest BCUT2D eigenvalue weighted by Crippen LogP contribution is -1.87. The maximum Gasteiger partial charge on any atom is 0.100 e. The first-order valence-corrected chi connectivity index (χ1v) is 8.74. The van der Waals surface area contributed by atoms with Crippen LogP contribution in [0.15, 0.2) is 34.1 Å². The van der Waals surface area contributed by atoms with Crippen molar-refractivity contribution in [3.63, 3.8) is 0 Å². The first-order chi connectivity index (χ1) is 9.61. The third kappa shape index (κ3) is 3.00. The van der Waals surface area contributed by atoms with Crippen molar-refractivity contribution in [1.82, 2.24) is 9.97 Å². The van der Waals surface area contributed by atoms with E-state index < -0.39 is 0 Å². The molecular weight excluding hydrogens is 352 g/mol. The van der Waals surface area contributed by atoms with E-state index in [1.807, 2.05) is 19.1 Å². The Morgan fingerprint density at radius 2 is 2.00 bits per heavy atom. The van der Waals surface area contributed by atoms with Crippen molar-refractivity contribution in [1.29, 1.82) is 0 Å². The van der Waals surface area contributed by atoms with Gasteiger partial charge in [0.15, 0.2) is 0 Å². The quantitative estimate of drug-likeness (QED) is 0.635. The number of thiazole rings is 2. The molecule has 0 saturated carbocycles. The van der Waals surface area contributed by atoms with Gasteiger partial charge < -0.3 is 0 Å². The summed E-state index contributed by atoms with van der Waals surface area (Å²) in [7, 11) is 0. The van der Waals surface area contributed by atoms with Gasteiger partial charge in [0.1, 0.15) is 5.01 Å². The molecular formula is C15H13BrN2S2. The van der Waals surface area contributed by atoms with Crippen LogP contribution in [0, 0.1) is 13.8 Å². The molecule has 0 atom stereocenters. The van der Waals surface area contributed by atoms with Crippen LogP contribution in [0.2, 0.25) is 0 Å². The Morgan fingerprint density at radius 3 is 2.70 bits per heavy atom. The molecule has 0 aliphatic rings. The van der Waals surface area contributed by atoms with Gasteiger partial charge in [0.25, 0.3) is 0 Å². The van der Waals surface area contributed by atoms with E-state index in [1.54, 1.807) is 22.7 Å². The van der Waals surface area contributed by atoms with Crippen molar-refractivity contribution in [2.24, 2.45) is 0 Å². The molecule has 5 heteroatoms. The number of halogens is 1. The fourth-order valence-corrected chi connectivity index (χ4v) is 4.27. The molecule has 0 spiro atoms. The SMILES string of the molecule is Cc1csc(Cc2nc(-c3cccc(Br)c3)c(C)s2)n1. The predicted octanol–water partition coefficient (Wildman–Crippen LogP) is 5.24. The number of nitrogens with zero attached hydrogens (tertiary/aromatic N) is 2. The monoisotopic (exact) mass is 364 g/mol. The summed E-state index contributed by atoms with van der Waals surface area (Å²) < 4.78 is 1.08.